The van der Waals surface area contributed by atoms with E-state index in [0.717, 1.165) is 22.4 Å². The fourth-order valence-corrected chi connectivity index (χ4v) is 4.53. The van der Waals surface area contributed by atoms with Gasteiger partial charge in [0.05, 0.1) is 31.3 Å². The van der Waals surface area contributed by atoms with Gasteiger partial charge in [-0.1, -0.05) is 60.2 Å². The Hall–Kier alpha value is -3.13. The maximum absolute atomic E-state index is 13.3. The highest BCUT2D eigenvalue weighted by Crippen LogP contribution is 2.20. The van der Waals surface area contributed by atoms with Crippen LogP contribution in [0.3, 0.4) is 0 Å². The summed E-state index contributed by atoms with van der Waals surface area (Å²) in [5, 5.41) is 10.4. The molecule has 34 heavy (non-hydrogen) atoms. The molecule has 0 aliphatic heterocycles. The van der Waals surface area contributed by atoms with Gasteiger partial charge in [0.2, 0.25) is 0 Å². The second kappa shape index (κ2) is 12.4. The summed E-state index contributed by atoms with van der Waals surface area (Å²) in [6.07, 6.45) is 2.43. The van der Waals surface area contributed by atoms with Crippen molar-refractivity contribution in [2.24, 2.45) is 0 Å². The molecule has 3 aromatic rings. The number of aryl methyl sites for hydroxylation is 1. The molecule has 3 aromatic carbocycles. The SMILES string of the molecule is COc1ccc(COCC[C@H](O)/C=C/N(Cc2ccccc2)S(=O)(=O)c2ccc(C)cc2)cc1. The van der Waals surface area contributed by atoms with Crippen molar-refractivity contribution < 1.29 is 23.0 Å². The Kier molecular flexibility index (Phi) is 9.27. The Bertz CT molecular complexity index is 1140. The molecule has 0 aromatic heterocycles. The molecule has 0 bridgehead atoms. The Morgan fingerprint density at radius 2 is 1.62 bits per heavy atom. The Balaban J connectivity index is 1.62. The number of sulfonamides is 1. The number of ether oxygens (including phenoxy) is 2. The smallest absolute Gasteiger partial charge is 0.264 e. The van der Waals surface area contributed by atoms with Crippen LogP contribution in [-0.2, 0) is 27.9 Å². The quantitative estimate of drug-likeness (QED) is 0.380. The van der Waals surface area contributed by atoms with Crippen LogP contribution >= 0.6 is 0 Å². The maximum atomic E-state index is 13.3. The number of rotatable bonds is 12. The monoisotopic (exact) mass is 481 g/mol. The number of hydrogen-bond donors (Lipinski definition) is 1. The molecule has 0 spiro atoms. The molecule has 7 heteroatoms. The lowest BCUT2D eigenvalue weighted by Crippen LogP contribution is -2.26. The van der Waals surface area contributed by atoms with E-state index in [4.69, 9.17) is 9.47 Å². The van der Waals surface area contributed by atoms with Crippen molar-refractivity contribution in [3.8, 4) is 5.75 Å². The van der Waals surface area contributed by atoms with Gasteiger partial charge in [-0.25, -0.2) is 8.42 Å². The summed E-state index contributed by atoms with van der Waals surface area (Å²) in [5.41, 5.74) is 2.83. The zero-order valence-electron chi connectivity index (χ0n) is 19.5. The number of nitrogens with zero attached hydrogens (tertiary/aromatic N) is 1. The third kappa shape index (κ3) is 7.45. The van der Waals surface area contributed by atoms with Crippen LogP contribution in [0.25, 0.3) is 0 Å². The van der Waals surface area contributed by atoms with Crippen molar-refractivity contribution in [3.63, 3.8) is 0 Å². The Morgan fingerprint density at radius 3 is 2.26 bits per heavy atom. The predicted molar refractivity (Wildman–Crippen MR) is 133 cm³/mol. The first kappa shape index (κ1) is 25.5. The van der Waals surface area contributed by atoms with Crippen LogP contribution in [0, 0.1) is 6.92 Å². The Labute approximate surface area is 202 Å². The van der Waals surface area contributed by atoms with Gasteiger partial charge in [-0.2, -0.15) is 0 Å². The van der Waals surface area contributed by atoms with E-state index in [2.05, 4.69) is 0 Å². The molecule has 1 atom stereocenters. The molecule has 0 saturated carbocycles. The van der Waals surface area contributed by atoms with Gasteiger partial charge >= 0.3 is 0 Å². The normalized spacial score (nSPS) is 12.6. The number of methoxy groups -OCH3 is 1. The van der Waals surface area contributed by atoms with Crippen LogP contribution in [0.4, 0.5) is 0 Å². The molecule has 0 saturated heterocycles. The summed E-state index contributed by atoms with van der Waals surface area (Å²) in [4.78, 5) is 0.205. The first-order chi connectivity index (χ1) is 16.4. The molecule has 0 heterocycles. The second-order valence-corrected chi connectivity index (χ2v) is 9.84. The lowest BCUT2D eigenvalue weighted by atomic mass is 10.2. The van der Waals surface area contributed by atoms with Crippen LogP contribution in [0.1, 0.15) is 23.1 Å². The fraction of sp³-hybridized carbons (Fsp3) is 0.259. The second-order valence-electron chi connectivity index (χ2n) is 7.95. The molecule has 0 aliphatic rings. The molecule has 0 radical (unpaired) electrons. The summed E-state index contributed by atoms with van der Waals surface area (Å²) in [5.74, 6) is 0.782. The van der Waals surface area contributed by atoms with Gasteiger partial charge < -0.3 is 14.6 Å². The molecule has 0 aliphatic carbocycles. The van der Waals surface area contributed by atoms with E-state index in [0.29, 0.717) is 19.6 Å². The first-order valence-corrected chi connectivity index (χ1v) is 12.5. The molecule has 3 rings (SSSR count). The van der Waals surface area contributed by atoms with E-state index in [9.17, 15) is 13.5 Å². The van der Waals surface area contributed by atoms with Crippen molar-refractivity contribution >= 4 is 10.0 Å². The van der Waals surface area contributed by atoms with E-state index in [1.165, 1.54) is 16.6 Å². The standard InChI is InChI=1S/C27H31NO5S/c1-22-8-14-27(15-9-22)34(30,31)28(20-23-6-4-3-5-7-23)18-16-25(29)17-19-33-21-24-10-12-26(32-2)13-11-24/h3-16,18,25,29H,17,19-21H2,1-2H3/b18-16+/t25-/m1/s1. The van der Waals surface area contributed by atoms with Gasteiger partial charge in [0.1, 0.15) is 5.75 Å². The van der Waals surface area contributed by atoms with Crippen molar-refractivity contribution in [2.45, 2.75) is 37.5 Å². The molecule has 1 N–H and O–H groups in total. The summed E-state index contributed by atoms with van der Waals surface area (Å²) in [7, 11) is -2.17. The highest BCUT2D eigenvalue weighted by atomic mass is 32.2. The van der Waals surface area contributed by atoms with E-state index in [-0.39, 0.29) is 11.4 Å². The molecular formula is C27H31NO5S. The lowest BCUT2D eigenvalue weighted by Gasteiger charge is -2.21. The largest absolute Gasteiger partial charge is 0.497 e. The van der Waals surface area contributed by atoms with Gasteiger partial charge in [-0.15, -0.1) is 0 Å². The first-order valence-electron chi connectivity index (χ1n) is 11.1. The van der Waals surface area contributed by atoms with E-state index < -0.39 is 16.1 Å². The summed E-state index contributed by atoms with van der Waals surface area (Å²) in [6, 6.07) is 23.7. The molecule has 0 amide bonds. The number of aliphatic hydroxyl groups excluding tert-OH is 1. The zero-order chi connectivity index (χ0) is 24.4. The molecule has 180 valence electrons. The lowest BCUT2D eigenvalue weighted by molar-refractivity contribution is 0.0880. The van der Waals surface area contributed by atoms with Crippen LogP contribution in [0.2, 0.25) is 0 Å². The van der Waals surface area contributed by atoms with Crippen LogP contribution < -0.4 is 4.74 Å². The summed E-state index contributed by atoms with van der Waals surface area (Å²) in [6.45, 7) is 2.82. The maximum Gasteiger partial charge on any atom is 0.264 e. The van der Waals surface area contributed by atoms with Crippen molar-refractivity contribution in [1.82, 2.24) is 4.31 Å². The van der Waals surface area contributed by atoms with E-state index in [1.54, 1.807) is 31.4 Å². The van der Waals surface area contributed by atoms with E-state index >= 15 is 0 Å². The average Bonchev–Trinajstić information content (AvgIpc) is 2.85. The van der Waals surface area contributed by atoms with Crippen LogP contribution in [0.5, 0.6) is 5.75 Å². The average molecular weight is 482 g/mol. The molecular weight excluding hydrogens is 450 g/mol. The Morgan fingerprint density at radius 1 is 0.941 bits per heavy atom. The highest BCUT2D eigenvalue weighted by molar-refractivity contribution is 7.89. The number of hydrogen-bond acceptors (Lipinski definition) is 5. The van der Waals surface area contributed by atoms with Crippen molar-refractivity contribution in [3.05, 3.63) is 108 Å². The van der Waals surface area contributed by atoms with Crippen molar-refractivity contribution in [2.75, 3.05) is 13.7 Å². The highest BCUT2D eigenvalue weighted by Gasteiger charge is 2.22. The zero-order valence-corrected chi connectivity index (χ0v) is 20.3. The molecule has 6 nitrogen and oxygen atoms in total. The summed E-state index contributed by atoms with van der Waals surface area (Å²) < 4.78 is 38.6. The van der Waals surface area contributed by atoms with Crippen molar-refractivity contribution in [1.29, 1.82) is 0 Å². The third-order valence-corrected chi connectivity index (χ3v) is 7.01. The topological polar surface area (TPSA) is 76.1 Å². The van der Waals surface area contributed by atoms with Gasteiger partial charge in [0.15, 0.2) is 0 Å². The van der Waals surface area contributed by atoms with Gasteiger partial charge in [-0.3, -0.25) is 4.31 Å². The van der Waals surface area contributed by atoms with Gasteiger partial charge in [0, 0.05) is 19.2 Å². The van der Waals surface area contributed by atoms with Gasteiger partial charge in [0.25, 0.3) is 10.0 Å². The molecule has 0 fully saturated rings. The number of aliphatic hydroxyl groups is 1. The minimum Gasteiger partial charge on any atom is -0.497 e. The molecule has 0 unspecified atom stereocenters. The van der Waals surface area contributed by atoms with Gasteiger partial charge in [-0.05, 0) is 48.4 Å². The van der Waals surface area contributed by atoms with Crippen LogP contribution in [0.15, 0.2) is 96.0 Å². The summed E-state index contributed by atoms with van der Waals surface area (Å²) >= 11 is 0. The van der Waals surface area contributed by atoms with Crippen LogP contribution in [-0.4, -0.2) is 37.7 Å². The van der Waals surface area contributed by atoms with E-state index in [1.807, 2.05) is 61.5 Å². The predicted octanol–water partition coefficient (Wildman–Crippen LogP) is 4.68. The minimum absolute atomic E-state index is 0.161. The number of benzene rings is 3. The fourth-order valence-electron chi connectivity index (χ4n) is 3.23. The third-order valence-electron chi connectivity index (χ3n) is 5.27. The minimum atomic E-state index is -3.78.